The summed E-state index contributed by atoms with van der Waals surface area (Å²) in [5.74, 6) is 5.43. The normalized spacial score (nSPS) is 14.0. The Morgan fingerprint density at radius 3 is 2.38 bits per heavy atom. The van der Waals surface area contributed by atoms with Crippen LogP contribution in [0.3, 0.4) is 0 Å². The molecule has 0 bridgehead atoms. The fourth-order valence-corrected chi connectivity index (χ4v) is 1.18. The van der Waals surface area contributed by atoms with E-state index in [4.69, 9.17) is 10.6 Å². The highest BCUT2D eigenvalue weighted by molar-refractivity contribution is 5.02. The minimum atomic E-state index is -0.136. The Morgan fingerprint density at radius 2 is 2.08 bits per heavy atom. The van der Waals surface area contributed by atoms with Gasteiger partial charge in [-0.3, -0.25) is 11.3 Å². The van der Waals surface area contributed by atoms with Gasteiger partial charge >= 0.3 is 0 Å². The van der Waals surface area contributed by atoms with Crippen molar-refractivity contribution in [2.24, 2.45) is 5.84 Å². The van der Waals surface area contributed by atoms with Crippen molar-refractivity contribution in [2.75, 3.05) is 7.11 Å². The van der Waals surface area contributed by atoms with E-state index in [0.29, 0.717) is 0 Å². The highest BCUT2D eigenvalue weighted by Gasteiger charge is 2.20. The summed E-state index contributed by atoms with van der Waals surface area (Å²) < 4.78 is 5.33. The van der Waals surface area contributed by atoms with Gasteiger partial charge in [-0.2, -0.15) is 0 Å². The molecule has 3 heteroatoms. The number of allylic oxidation sites excluding steroid dienone is 1. The topological polar surface area (TPSA) is 47.3 Å². The Balaban J connectivity index is 4.21. The van der Waals surface area contributed by atoms with Crippen LogP contribution in [0.4, 0.5) is 0 Å². The summed E-state index contributed by atoms with van der Waals surface area (Å²) in [5.41, 5.74) is 3.89. The average molecular weight is 186 g/mol. The van der Waals surface area contributed by atoms with Gasteiger partial charge in [-0.15, -0.1) is 0 Å². The lowest BCUT2D eigenvalue weighted by Gasteiger charge is -2.26. The molecule has 13 heavy (non-hydrogen) atoms. The first kappa shape index (κ1) is 12.6. The molecule has 0 aliphatic carbocycles. The van der Waals surface area contributed by atoms with Crippen molar-refractivity contribution in [2.45, 2.75) is 45.8 Å². The third kappa shape index (κ3) is 5.80. The van der Waals surface area contributed by atoms with Gasteiger partial charge in [0.15, 0.2) is 0 Å². The van der Waals surface area contributed by atoms with Crippen molar-refractivity contribution in [3.05, 3.63) is 11.6 Å². The lowest BCUT2D eigenvalue weighted by Crippen LogP contribution is -2.40. The van der Waals surface area contributed by atoms with E-state index in [1.165, 1.54) is 5.57 Å². The Hall–Kier alpha value is -0.380. The fraction of sp³-hybridized carbons (Fsp3) is 0.800. The molecule has 0 aromatic carbocycles. The highest BCUT2D eigenvalue weighted by Crippen LogP contribution is 2.16. The summed E-state index contributed by atoms with van der Waals surface area (Å²) >= 11 is 0. The molecule has 0 amide bonds. The monoisotopic (exact) mass is 186 g/mol. The highest BCUT2D eigenvalue weighted by atomic mass is 16.5. The minimum absolute atomic E-state index is 0.136. The van der Waals surface area contributed by atoms with Crippen molar-refractivity contribution in [3.8, 4) is 0 Å². The number of methoxy groups -OCH3 is 1. The first-order valence-corrected chi connectivity index (χ1v) is 4.57. The largest absolute Gasteiger partial charge is 0.379 e. The van der Waals surface area contributed by atoms with Crippen molar-refractivity contribution in [3.63, 3.8) is 0 Å². The van der Waals surface area contributed by atoms with Crippen molar-refractivity contribution in [1.82, 2.24) is 5.43 Å². The molecular weight excluding hydrogens is 164 g/mol. The van der Waals surface area contributed by atoms with E-state index < -0.39 is 0 Å². The van der Waals surface area contributed by atoms with Gasteiger partial charge in [-0.05, 0) is 34.1 Å². The van der Waals surface area contributed by atoms with Crippen LogP contribution in [0, 0.1) is 0 Å². The summed E-state index contributed by atoms with van der Waals surface area (Å²) in [5, 5.41) is 0. The standard InChI is InChI=1S/C10H22N2O/c1-8(2)6-9(12-11)7-10(3,4)13-5/h6,9,12H,7,11H2,1-5H3. The molecular formula is C10H22N2O. The number of nitrogens with one attached hydrogen (secondary N) is 1. The predicted molar refractivity (Wildman–Crippen MR) is 56.2 cm³/mol. The molecule has 0 heterocycles. The maximum Gasteiger partial charge on any atom is 0.0641 e. The summed E-state index contributed by atoms with van der Waals surface area (Å²) in [6.07, 6.45) is 2.98. The zero-order chi connectivity index (χ0) is 10.5. The molecule has 0 aliphatic rings. The molecule has 0 aliphatic heterocycles. The predicted octanol–water partition coefficient (Wildman–Crippen LogP) is 1.60. The molecule has 0 aromatic heterocycles. The second-order valence-electron chi connectivity index (χ2n) is 4.19. The molecule has 3 N–H and O–H groups in total. The van der Waals surface area contributed by atoms with Crippen molar-refractivity contribution < 1.29 is 4.74 Å². The third-order valence-corrected chi connectivity index (χ3v) is 2.01. The molecule has 1 unspecified atom stereocenters. The summed E-state index contributed by atoms with van der Waals surface area (Å²) in [7, 11) is 1.72. The maximum absolute atomic E-state index is 5.43. The van der Waals surface area contributed by atoms with E-state index in [0.717, 1.165) is 6.42 Å². The Morgan fingerprint density at radius 1 is 1.54 bits per heavy atom. The summed E-state index contributed by atoms with van der Waals surface area (Å²) in [4.78, 5) is 0. The summed E-state index contributed by atoms with van der Waals surface area (Å²) in [6.45, 7) is 8.22. The second-order valence-corrected chi connectivity index (χ2v) is 4.19. The van der Waals surface area contributed by atoms with Gasteiger partial charge in [0, 0.05) is 13.2 Å². The molecule has 0 rings (SSSR count). The van der Waals surface area contributed by atoms with Crippen LogP contribution in [0.5, 0.6) is 0 Å². The second kappa shape index (κ2) is 5.37. The fourth-order valence-electron chi connectivity index (χ4n) is 1.18. The van der Waals surface area contributed by atoms with Gasteiger partial charge in [0.1, 0.15) is 0 Å². The molecule has 0 radical (unpaired) electrons. The van der Waals surface area contributed by atoms with Gasteiger partial charge in [-0.25, -0.2) is 0 Å². The quantitative estimate of drug-likeness (QED) is 0.389. The number of rotatable bonds is 5. The van der Waals surface area contributed by atoms with Gasteiger partial charge in [-0.1, -0.05) is 11.6 Å². The number of hydrogen-bond acceptors (Lipinski definition) is 3. The van der Waals surface area contributed by atoms with Crippen LogP contribution in [0.15, 0.2) is 11.6 Å². The van der Waals surface area contributed by atoms with Crippen LogP contribution >= 0.6 is 0 Å². The molecule has 0 spiro atoms. The molecule has 0 aromatic rings. The van der Waals surface area contributed by atoms with Crippen LogP contribution in [0.2, 0.25) is 0 Å². The first-order valence-electron chi connectivity index (χ1n) is 4.57. The molecule has 0 saturated carbocycles. The van der Waals surface area contributed by atoms with Crippen LogP contribution in [-0.2, 0) is 4.74 Å². The average Bonchev–Trinajstić information content (AvgIpc) is 2.02. The van der Waals surface area contributed by atoms with Gasteiger partial charge in [0.05, 0.1) is 5.60 Å². The van der Waals surface area contributed by atoms with Crippen LogP contribution < -0.4 is 11.3 Å². The first-order chi connectivity index (χ1) is 5.91. The van der Waals surface area contributed by atoms with Gasteiger partial charge in [0.2, 0.25) is 0 Å². The molecule has 3 nitrogen and oxygen atoms in total. The van der Waals surface area contributed by atoms with E-state index >= 15 is 0 Å². The van der Waals surface area contributed by atoms with E-state index in [9.17, 15) is 0 Å². The van der Waals surface area contributed by atoms with Crippen LogP contribution in [0.1, 0.15) is 34.1 Å². The number of nitrogens with two attached hydrogens (primary N) is 1. The Labute approximate surface area is 81.3 Å². The number of hydrogen-bond donors (Lipinski definition) is 2. The van der Waals surface area contributed by atoms with Gasteiger partial charge < -0.3 is 4.74 Å². The number of hydrazine groups is 1. The summed E-state index contributed by atoms with van der Waals surface area (Å²) in [6, 6.07) is 0.181. The van der Waals surface area contributed by atoms with Crippen molar-refractivity contribution >= 4 is 0 Å². The SMILES string of the molecule is COC(C)(C)CC(C=C(C)C)NN. The number of ether oxygens (including phenoxy) is 1. The van der Waals surface area contributed by atoms with E-state index in [2.05, 4.69) is 39.2 Å². The lowest BCUT2D eigenvalue weighted by atomic mass is 9.98. The van der Waals surface area contributed by atoms with Gasteiger partial charge in [0.25, 0.3) is 0 Å². The minimum Gasteiger partial charge on any atom is -0.379 e. The Bertz CT molecular complexity index is 172. The Kier molecular flexibility index (Phi) is 5.21. The zero-order valence-electron chi connectivity index (χ0n) is 9.35. The zero-order valence-corrected chi connectivity index (χ0v) is 9.35. The smallest absolute Gasteiger partial charge is 0.0641 e. The molecule has 78 valence electrons. The molecule has 0 fully saturated rings. The van der Waals surface area contributed by atoms with E-state index in [1.807, 2.05) is 0 Å². The lowest BCUT2D eigenvalue weighted by molar-refractivity contribution is 0.0107. The van der Waals surface area contributed by atoms with Crippen molar-refractivity contribution in [1.29, 1.82) is 0 Å². The van der Waals surface area contributed by atoms with Crippen LogP contribution in [0.25, 0.3) is 0 Å². The third-order valence-electron chi connectivity index (χ3n) is 2.01. The van der Waals surface area contributed by atoms with Crippen LogP contribution in [-0.4, -0.2) is 18.8 Å². The van der Waals surface area contributed by atoms with E-state index in [1.54, 1.807) is 7.11 Å². The molecule has 0 saturated heterocycles. The maximum atomic E-state index is 5.43. The molecule has 1 atom stereocenters. The van der Waals surface area contributed by atoms with E-state index in [-0.39, 0.29) is 11.6 Å².